The zero-order chi connectivity index (χ0) is 21.0. The molecule has 1 aliphatic heterocycles. The zero-order valence-corrected chi connectivity index (χ0v) is 18.5. The summed E-state index contributed by atoms with van der Waals surface area (Å²) < 4.78 is 6.73. The Morgan fingerprint density at radius 1 is 1.41 bits per heavy atom. The first kappa shape index (κ1) is 21.6. The third-order valence-electron chi connectivity index (χ3n) is 4.85. The smallest absolute Gasteiger partial charge is 0.355 e. The molecular weight excluding hydrogens is 408 g/mol. The molecule has 156 valence electrons. The van der Waals surface area contributed by atoms with E-state index in [0.717, 1.165) is 12.2 Å². The van der Waals surface area contributed by atoms with Crippen molar-refractivity contribution in [1.82, 2.24) is 9.88 Å². The van der Waals surface area contributed by atoms with Crippen molar-refractivity contribution in [2.75, 3.05) is 18.9 Å². The van der Waals surface area contributed by atoms with Gasteiger partial charge in [0.05, 0.1) is 6.04 Å². The van der Waals surface area contributed by atoms with Crippen LogP contribution in [0.3, 0.4) is 0 Å². The van der Waals surface area contributed by atoms with Gasteiger partial charge in [0.15, 0.2) is 10.0 Å². The van der Waals surface area contributed by atoms with Crippen molar-refractivity contribution in [3.63, 3.8) is 0 Å². The summed E-state index contributed by atoms with van der Waals surface area (Å²) in [5.74, 6) is 0.632. The molecule has 8 heteroatoms. The second-order valence-electron chi connectivity index (χ2n) is 8.02. The summed E-state index contributed by atoms with van der Waals surface area (Å²) in [7, 11) is 0. The molecule has 3 rings (SSSR count). The molecule has 2 aromatic rings. The highest BCUT2D eigenvalue weighted by Crippen LogP contribution is 2.27. The van der Waals surface area contributed by atoms with Gasteiger partial charge in [0, 0.05) is 24.1 Å². The van der Waals surface area contributed by atoms with Gasteiger partial charge in [-0.3, -0.25) is 4.79 Å². The summed E-state index contributed by atoms with van der Waals surface area (Å²) in [5, 5.41) is 10.5. The maximum atomic E-state index is 12.3. The largest absolute Gasteiger partial charge is 0.491 e. The van der Waals surface area contributed by atoms with Crippen molar-refractivity contribution in [3.05, 3.63) is 40.9 Å². The lowest BCUT2D eigenvalue weighted by Gasteiger charge is -2.25. The average molecular weight is 435 g/mol. The number of carboxylic acid groups (broad SMARTS) is 1. The number of aromatic carboxylic acids is 1. The van der Waals surface area contributed by atoms with Crippen LogP contribution in [0.5, 0.6) is 5.75 Å². The van der Waals surface area contributed by atoms with Crippen LogP contribution in [0.4, 0.5) is 0 Å². The zero-order valence-electron chi connectivity index (χ0n) is 16.9. The molecule has 0 spiro atoms. The second-order valence-corrected chi connectivity index (χ2v) is 10.2. The Kier molecular flexibility index (Phi) is 6.85. The molecule has 0 radical (unpaired) electrons. The fraction of sp³-hybridized carbons (Fsp3) is 0.476. The van der Waals surface area contributed by atoms with Crippen molar-refractivity contribution in [3.8, 4) is 5.75 Å². The quantitative estimate of drug-likeness (QED) is 0.624. The van der Waals surface area contributed by atoms with Crippen molar-refractivity contribution in [2.24, 2.45) is 0 Å². The molecule has 1 aromatic heterocycles. The number of rotatable bonds is 8. The number of thioether (sulfide) groups is 1. The van der Waals surface area contributed by atoms with E-state index in [1.807, 2.05) is 17.0 Å². The van der Waals surface area contributed by atoms with Gasteiger partial charge in [0.1, 0.15) is 12.4 Å². The number of carbonyl (C=O) groups excluding carboxylic acids is 1. The van der Waals surface area contributed by atoms with Crippen LogP contribution >= 0.6 is 23.1 Å². The first-order valence-corrected chi connectivity index (χ1v) is 11.4. The van der Waals surface area contributed by atoms with E-state index in [4.69, 9.17) is 9.84 Å². The fourth-order valence-corrected chi connectivity index (χ4v) is 4.98. The summed E-state index contributed by atoms with van der Waals surface area (Å²) in [6.45, 7) is 7.58. The predicted octanol–water partition coefficient (Wildman–Crippen LogP) is 4.30. The first-order valence-electron chi connectivity index (χ1n) is 9.58. The number of hydrogen-bond donors (Lipinski definition) is 1. The van der Waals surface area contributed by atoms with Crippen molar-refractivity contribution < 1.29 is 19.4 Å². The van der Waals surface area contributed by atoms with Gasteiger partial charge in [-0.2, -0.15) is 0 Å². The predicted molar refractivity (Wildman–Crippen MR) is 115 cm³/mol. The molecule has 1 N–H and O–H groups in total. The van der Waals surface area contributed by atoms with Gasteiger partial charge in [0.25, 0.3) is 0 Å². The maximum absolute atomic E-state index is 12.3. The molecule has 1 atom stereocenters. The Morgan fingerprint density at radius 3 is 2.90 bits per heavy atom. The van der Waals surface area contributed by atoms with E-state index in [9.17, 15) is 9.59 Å². The molecule has 0 saturated carbocycles. The molecular formula is C21H26N2O4S2. The number of aromatic nitrogens is 1. The van der Waals surface area contributed by atoms with Crippen LogP contribution in [-0.4, -0.2) is 51.8 Å². The average Bonchev–Trinajstić information content (AvgIpc) is 3.27. The lowest BCUT2D eigenvalue weighted by Crippen LogP contribution is -2.38. The number of carbonyl (C=O) groups is 2. The number of nitrogens with zero attached hydrogens (tertiary/aromatic N) is 2. The van der Waals surface area contributed by atoms with Crippen LogP contribution in [0.25, 0.3) is 0 Å². The molecule has 1 fully saturated rings. The molecule has 1 aromatic carbocycles. The monoisotopic (exact) mass is 434 g/mol. The van der Waals surface area contributed by atoms with Gasteiger partial charge in [-0.15, -0.1) is 11.3 Å². The minimum Gasteiger partial charge on any atom is -0.491 e. The number of ether oxygens (including phenoxy) is 1. The summed E-state index contributed by atoms with van der Waals surface area (Å²) in [6, 6.07) is 8.19. The lowest BCUT2D eigenvalue weighted by molar-refractivity contribution is -0.129. The molecule has 0 bridgehead atoms. The third-order valence-corrected chi connectivity index (χ3v) is 6.86. The van der Waals surface area contributed by atoms with E-state index in [-0.39, 0.29) is 23.1 Å². The molecule has 2 heterocycles. The van der Waals surface area contributed by atoms with Crippen molar-refractivity contribution >= 4 is 35.0 Å². The highest BCUT2D eigenvalue weighted by molar-refractivity contribution is 8.01. The van der Waals surface area contributed by atoms with Crippen molar-refractivity contribution in [2.45, 2.75) is 49.4 Å². The summed E-state index contributed by atoms with van der Waals surface area (Å²) in [4.78, 5) is 29.2. The number of hydrogen-bond acceptors (Lipinski definition) is 6. The maximum Gasteiger partial charge on any atom is 0.355 e. The van der Waals surface area contributed by atoms with E-state index < -0.39 is 5.97 Å². The number of amides is 1. The van der Waals surface area contributed by atoms with E-state index >= 15 is 0 Å². The van der Waals surface area contributed by atoms with Gasteiger partial charge in [-0.1, -0.05) is 44.7 Å². The molecule has 29 heavy (non-hydrogen) atoms. The van der Waals surface area contributed by atoms with E-state index in [2.05, 4.69) is 37.9 Å². The summed E-state index contributed by atoms with van der Waals surface area (Å²) >= 11 is 2.79. The Labute approximate surface area is 179 Å². The number of benzene rings is 1. The Morgan fingerprint density at radius 2 is 2.21 bits per heavy atom. The van der Waals surface area contributed by atoms with Crippen LogP contribution < -0.4 is 4.74 Å². The lowest BCUT2D eigenvalue weighted by atomic mass is 9.87. The number of likely N-dealkylation sites (tertiary alicyclic amines) is 1. The first-order chi connectivity index (χ1) is 13.7. The minimum absolute atomic E-state index is 0.0578. The van der Waals surface area contributed by atoms with E-state index in [1.165, 1.54) is 34.0 Å². The Hall–Kier alpha value is -2.06. The number of thiazole rings is 1. The molecule has 1 amide bonds. The van der Waals surface area contributed by atoms with Crippen molar-refractivity contribution in [1.29, 1.82) is 0 Å². The Bertz CT molecular complexity index is 876. The van der Waals surface area contributed by atoms with E-state index in [0.29, 0.717) is 29.7 Å². The van der Waals surface area contributed by atoms with Crippen LogP contribution in [0.2, 0.25) is 0 Å². The van der Waals surface area contributed by atoms with Gasteiger partial charge in [-0.05, 0) is 29.5 Å². The topological polar surface area (TPSA) is 79.7 Å². The molecule has 1 unspecified atom stereocenters. The van der Waals surface area contributed by atoms with Gasteiger partial charge < -0.3 is 14.7 Å². The normalized spacial score (nSPS) is 17.0. The Balaban J connectivity index is 1.53. The van der Waals surface area contributed by atoms with E-state index in [1.54, 1.807) is 0 Å². The van der Waals surface area contributed by atoms with Crippen LogP contribution in [-0.2, 0) is 10.2 Å². The minimum atomic E-state index is -1.02. The SMILES string of the molecule is CC(C)(C)c1cccc(OCC2CCC(=O)N2CCSc2nc(C(=O)O)cs2)c1. The number of carboxylic acids is 1. The molecule has 1 aliphatic rings. The summed E-state index contributed by atoms with van der Waals surface area (Å²) in [5.41, 5.74) is 1.34. The standard InChI is InChI=1S/C21H26N2O4S2/c1-21(2,3)14-5-4-6-16(11-14)27-12-15-7-8-18(24)23(15)9-10-28-20-22-17(13-29-20)19(25)26/h4-6,11,13,15H,7-10,12H2,1-3H3,(H,25,26). The second kappa shape index (κ2) is 9.17. The fourth-order valence-electron chi connectivity index (χ4n) is 3.17. The third kappa shape index (κ3) is 5.73. The highest BCUT2D eigenvalue weighted by atomic mass is 32.2. The molecule has 6 nitrogen and oxygen atoms in total. The molecule has 0 aliphatic carbocycles. The van der Waals surface area contributed by atoms with Crippen LogP contribution in [0, 0.1) is 0 Å². The van der Waals surface area contributed by atoms with Gasteiger partial charge in [-0.25, -0.2) is 9.78 Å². The van der Waals surface area contributed by atoms with Gasteiger partial charge in [0.2, 0.25) is 5.91 Å². The molecule has 1 saturated heterocycles. The highest BCUT2D eigenvalue weighted by Gasteiger charge is 2.31. The van der Waals surface area contributed by atoms with Crippen LogP contribution in [0.1, 0.15) is 49.7 Å². The van der Waals surface area contributed by atoms with Crippen LogP contribution in [0.15, 0.2) is 34.0 Å². The summed E-state index contributed by atoms with van der Waals surface area (Å²) in [6.07, 6.45) is 1.34. The van der Waals surface area contributed by atoms with Gasteiger partial charge >= 0.3 is 5.97 Å².